The lowest BCUT2D eigenvalue weighted by Crippen LogP contribution is -2.38. The molecule has 2 rings (SSSR count). The number of aliphatic carboxylic acids is 1. The quantitative estimate of drug-likeness (QED) is 0.864. The van der Waals surface area contributed by atoms with Gasteiger partial charge in [-0.05, 0) is 30.5 Å². The van der Waals surface area contributed by atoms with Crippen molar-refractivity contribution in [2.75, 3.05) is 6.54 Å². The smallest absolute Gasteiger partial charge is 0.310 e. The molecule has 0 aromatic heterocycles. The molecule has 1 fully saturated rings. The number of hydrogen-bond donors (Lipinski definition) is 2. The molecular formula is C14H18FNO2. The predicted molar refractivity (Wildman–Crippen MR) is 66.7 cm³/mol. The first-order valence-corrected chi connectivity index (χ1v) is 6.29. The average Bonchev–Trinajstić information content (AvgIpc) is 2.81. The molecule has 1 aromatic rings. The number of hydrogen-bond acceptors (Lipinski definition) is 2. The van der Waals surface area contributed by atoms with E-state index >= 15 is 0 Å². The molecule has 0 radical (unpaired) electrons. The van der Waals surface area contributed by atoms with Gasteiger partial charge in [-0.25, -0.2) is 4.39 Å². The number of rotatable bonds is 4. The van der Waals surface area contributed by atoms with Gasteiger partial charge in [0, 0.05) is 12.5 Å². The Balaban J connectivity index is 2.40. The Kier molecular flexibility index (Phi) is 3.66. The number of carboxylic acid groups (broad SMARTS) is 1. The first kappa shape index (κ1) is 13.0. The van der Waals surface area contributed by atoms with Gasteiger partial charge in [0.15, 0.2) is 0 Å². The van der Waals surface area contributed by atoms with E-state index in [0.29, 0.717) is 18.4 Å². The van der Waals surface area contributed by atoms with Gasteiger partial charge in [0.1, 0.15) is 5.82 Å². The molecule has 1 atom stereocenters. The fourth-order valence-electron chi connectivity index (χ4n) is 3.12. The summed E-state index contributed by atoms with van der Waals surface area (Å²) in [5.41, 5.74) is 5.65. The van der Waals surface area contributed by atoms with Crippen molar-refractivity contribution in [3.8, 4) is 0 Å². The zero-order chi connectivity index (χ0) is 13.2. The molecule has 3 N–H and O–H groups in total. The number of carboxylic acids is 1. The van der Waals surface area contributed by atoms with Crippen LogP contribution in [0.2, 0.25) is 0 Å². The van der Waals surface area contributed by atoms with E-state index in [4.69, 9.17) is 5.73 Å². The zero-order valence-corrected chi connectivity index (χ0v) is 10.2. The molecule has 0 unspecified atom stereocenters. The average molecular weight is 251 g/mol. The van der Waals surface area contributed by atoms with Crippen molar-refractivity contribution < 1.29 is 14.3 Å². The van der Waals surface area contributed by atoms with Gasteiger partial charge in [0.25, 0.3) is 0 Å². The summed E-state index contributed by atoms with van der Waals surface area (Å²) in [5, 5.41) is 9.55. The molecule has 1 aliphatic carbocycles. The van der Waals surface area contributed by atoms with Gasteiger partial charge in [-0.2, -0.15) is 0 Å². The third kappa shape index (κ3) is 2.12. The second-order valence-electron chi connectivity index (χ2n) is 5.01. The number of carbonyl (C=O) groups is 1. The largest absolute Gasteiger partial charge is 0.481 e. The minimum atomic E-state index is -0.817. The van der Waals surface area contributed by atoms with Crippen molar-refractivity contribution in [1.29, 1.82) is 0 Å². The maximum absolute atomic E-state index is 13.3. The van der Waals surface area contributed by atoms with Crippen molar-refractivity contribution >= 4 is 5.97 Å². The SMILES string of the molecule is NC[C@H](c1cccc(F)c1)C1(C(=O)O)CCCC1. The van der Waals surface area contributed by atoms with Crippen molar-refractivity contribution in [1.82, 2.24) is 0 Å². The van der Waals surface area contributed by atoms with Gasteiger partial charge in [0.2, 0.25) is 0 Å². The normalized spacial score (nSPS) is 19.7. The van der Waals surface area contributed by atoms with Gasteiger partial charge in [-0.3, -0.25) is 4.79 Å². The molecule has 0 spiro atoms. The van der Waals surface area contributed by atoms with E-state index in [1.54, 1.807) is 12.1 Å². The summed E-state index contributed by atoms with van der Waals surface area (Å²) in [4.78, 5) is 11.6. The van der Waals surface area contributed by atoms with E-state index in [0.717, 1.165) is 12.8 Å². The number of nitrogens with two attached hydrogens (primary N) is 1. The summed E-state index contributed by atoms with van der Waals surface area (Å²) in [5.74, 6) is -1.46. The summed E-state index contributed by atoms with van der Waals surface area (Å²) >= 11 is 0. The van der Waals surface area contributed by atoms with E-state index in [1.165, 1.54) is 12.1 Å². The Morgan fingerprint density at radius 3 is 2.61 bits per heavy atom. The van der Waals surface area contributed by atoms with E-state index < -0.39 is 11.4 Å². The zero-order valence-electron chi connectivity index (χ0n) is 10.2. The van der Waals surface area contributed by atoms with Gasteiger partial charge >= 0.3 is 5.97 Å². The Morgan fingerprint density at radius 1 is 1.44 bits per heavy atom. The fourth-order valence-corrected chi connectivity index (χ4v) is 3.12. The summed E-state index contributed by atoms with van der Waals surface area (Å²) in [6.45, 7) is 0.232. The maximum Gasteiger partial charge on any atom is 0.310 e. The van der Waals surface area contributed by atoms with E-state index in [2.05, 4.69) is 0 Å². The molecule has 1 aliphatic rings. The van der Waals surface area contributed by atoms with Crippen LogP contribution in [0.3, 0.4) is 0 Å². The monoisotopic (exact) mass is 251 g/mol. The molecule has 98 valence electrons. The Labute approximate surface area is 106 Å². The minimum Gasteiger partial charge on any atom is -0.481 e. The fraction of sp³-hybridized carbons (Fsp3) is 0.500. The molecule has 0 aliphatic heterocycles. The third-order valence-corrected chi connectivity index (χ3v) is 4.08. The van der Waals surface area contributed by atoms with Gasteiger partial charge in [-0.1, -0.05) is 25.0 Å². The topological polar surface area (TPSA) is 63.3 Å². The highest BCUT2D eigenvalue weighted by molar-refractivity contribution is 5.76. The van der Waals surface area contributed by atoms with E-state index in [9.17, 15) is 14.3 Å². The second kappa shape index (κ2) is 5.06. The van der Waals surface area contributed by atoms with Gasteiger partial charge < -0.3 is 10.8 Å². The Hall–Kier alpha value is -1.42. The highest BCUT2D eigenvalue weighted by atomic mass is 19.1. The number of benzene rings is 1. The van der Waals surface area contributed by atoms with Crippen LogP contribution in [0.15, 0.2) is 24.3 Å². The highest BCUT2D eigenvalue weighted by Crippen LogP contribution is 2.48. The van der Waals surface area contributed by atoms with Crippen LogP contribution in [-0.2, 0) is 4.79 Å². The second-order valence-corrected chi connectivity index (χ2v) is 5.01. The lowest BCUT2D eigenvalue weighted by atomic mass is 9.70. The Morgan fingerprint density at radius 2 is 2.11 bits per heavy atom. The lowest BCUT2D eigenvalue weighted by Gasteiger charge is -2.33. The first-order valence-electron chi connectivity index (χ1n) is 6.29. The van der Waals surface area contributed by atoms with Gasteiger partial charge in [-0.15, -0.1) is 0 Å². The van der Waals surface area contributed by atoms with Crippen LogP contribution in [0.1, 0.15) is 37.2 Å². The van der Waals surface area contributed by atoms with Crippen LogP contribution < -0.4 is 5.73 Å². The van der Waals surface area contributed by atoms with Crippen molar-refractivity contribution in [2.45, 2.75) is 31.6 Å². The van der Waals surface area contributed by atoms with Crippen molar-refractivity contribution in [2.24, 2.45) is 11.1 Å². The predicted octanol–water partition coefficient (Wildman–Crippen LogP) is 2.51. The molecule has 0 heterocycles. The summed E-state index contributed by atoms with van der Waals surface area (Å²) in [6.07, 6.45) is 3.05. The van der Waals surface area contributed by atoms with Crippen LogP contribution >= 0.6 is 0 Å². The third-order valence-electron chi connectivity index (χ3n) is 4.08. The molecule has 3 nitrogen and oxygen atoms in total. The molecule has 1 aromatic carbocycles. The van der Waals surface area contributed by atoms with Crippen LogP contribution in [-0.4, -0.2) is 17.6 Å². The van der Waals surface area contributed by atoms with Crippen LogP contribution in [0.5, 0.6) is 0 Å². The molecule has 0 saturated heterocycles. The molecule has 1 saturated carbocycles. The van der Waals surface area contributed by atoms with Gasteiger partial charge in [0.05, 0.1) is 5.41 Å². The highest BCUT2D eigenvalue weighted by Gasteiger charge is 2.47. The summed E-state index contributed by atoms with van der Waals surface area (Å²) in [7, 11) is 0. The lowest BCUT2D eigenvalue weighted by molar-refractivity contribution is -0.150. The molecule has 0 bridgehead atoms. The standard InChI is InChI=1S/C14H18FNO2/c15-11-5-3-4-10(8-11)12(9-16)14(13(17)18)6-1-2-7-14/h3-5,8,12H,1-2,6-7,9,16H2,(H,17,18)/t12-/m1/s1. The summed E-state index contributed by atoms with van der Waals surface area (Å²) in [6, 6.07) is 6.14. The van der Waals surface area contributed by atoms with Crippen LogP contribution in [0, 0.1) is 11.2 Å². The number of halogens is 1. The van der Waals surface area contributed by atoms with Crippen molar-refractivity contribution in [3.05, 3.63) is 35.6 Å². The van der Waals surface area contributed by atoms with Crippen LogP contribution in [0.25, 0.3) is 0 Å². The molecular weight excluding hydrogens is 233 g/mol. The van der Waals surface area contributed by atoms with Crippen LogP contribution in [0.4, 0.5) is 4.39 Å². The Bertz CT molecular complexity index is 441. The van der Waals surface area contributed by atoms with E-state index in [1.807, 2.05) is 0 Å². The first-order chi connectivity index (χ1) is 8.60. The summed E-state index contributed by atoms with van der Waals surface area (Å²) < 4.78 is 13.3. The molecule has 0 amide bonds. The maximum atomic E-state index is 13.3. The molecule has 4 heteroatoms. The van der Waals surface area contributed by atoms with Crippen molar-refractivity contribution in [3.63, 3.8) is 0 Å². The van der Waals surface area contributed by atoms with E-state index in [-0.39, 0.29) is 18.3 Å². The minimum absolute atomic E-state index is 0.232. The molecule has 18 heavy (non-hydrogen) atoms.